The van der Waals surface area contributed by atoms with Gasteiger partial charge in [0.1, 0.15) is 24.0 Å². The first-order valence-corrected chi connectivity index (χ1v) is 9.01. The van der Waals surface area contributed by atoms with Crippen LogP contribution in [0.1, 0.15) is 25.5 Å². The average Bonchev–Trinajstić information content (AvgIpc) is 3.23. The molecular formula is C17H26N6O2. The third-order valence-corrected chi connectivity index (χ3v) is 5.11. The van der Waals surface area contributed by atoms with E-state index in [1.54, 1.807) is 0 Å². The highest BCUT2D eigenvalue weighted by Gasteiger charge is 2.30. The van der Waals surface area contributed by atoms with Gasteiger partial charge in [-0.3, -0.25) is 4.90 Å². The van der Waals surface area contributed by atoms with Crippen LogP contribution in [0.25, 0.3) is 11.0 Å². The Kier molecular flexibility index (Phi) is 4.85. The maximum atomic E-state index is 6.31. The van der Waals surface area contributed by atoms with E-state index in [1.807, 2.05) is 12.3 Å². The van der Waals surface area contributed by atoms with Gasteiger partial charge in [-0.25, -0.2) is 9.97 Å². The molecule has 0 aromatic carbocycles. The summed E-state index contributed by atoms with van der Waals surface area (Å²) >= 11 is 0. The summed E-state index contributed by atoms with van der Waals surface area (Å²) in [5, 5.41) is 0.882. The van der Waals surface area contributed by atoms with Crippen molar-refractivity contribution in [2.75, 3.05) is 38.5 Å². The van der Waals surface area contributed by atoms with Crippen LogP contribution in [0, 0.1) is 0 Å². The predicted octanol–water partition coefficient (Wildman–Crippen LogP) is 0.741. The van der Waals surface area contributed by atoms with Crippen molar-refractivity contribution in [1.29, 1.82) is 0 Å². The lowest BCUT2D eigenvalue weighted by Gasteiger charge is -2.34. The van der Waals surface area contributed by atoms with Gasteiger partial charge in [-0.1, -0.05) is 0 Å². The van der Waals surface area contributed by atoms with Gasteiger partial charge in [0.05, 0.1) is 24.2 Å². The van der Waals surface area contributed by atoms with Crippen LogP contribution >= 0.6 is 0 Å². The summed E-state index contributed by atoms with van der Waals surface area (Å²) in [6.45, 7) is 4.29. The van der Waals surface area contributed by atoms with E-state index >= 15 is 0 Å². The topological polar surface area (TPSA) is 104 Å². The Bertz CT molecular complexity index is 718. The lowest BCUT2D eigenvalue weighted by atomic mass is 10.1. The fourth-order valence-electron chi connectivity index (χ4n) is 3.84. The van der Waals surface area contributed by atoms with E-state index in [2.05, 4.69) is 19.4 Å². The quantitative estimate of drug-likeness (QED) is 0.823. The van der Waals surface area contributed by atoms with Gasteiger partial charge < -0.3 is 25.5 Å². The zero-order chi connectivity index (χ0) is 17.2. The Hall–Kier alpha value is -1.74. The van der Waals surface area contributed by atoms with E-state index in [0.29, 0.717) is 12.4 Å². The van der Waals surface area contributed by atoms with Gasteiger partial charge in [0.15, 0.2) is 0 Å². The molecule has 4 heterocycles. The molecule has 2 aliphatic rings. The van der Waals surface area contributed by atoms with E-state index in [0.717, 1.165) is 56.5 Å². The van der Waals surface area contributed by atoms with Crippen LogP contribution in [-0.2, 0) is 9.47 Å². The van der Waals surface area contributed by atoms with Crippen molar-refractivity contribution in [3.63, 3.8) is 0 Å². The van der Waals surface area contributed by atoms with Gasteiger partial charge >= 0.3 is 0 Å². The third-order valence-electron chi connectivity index (χ3n) is 5.11. The highest BCUT2D eigenvalue weighted by Crippen LogP contribution is 2.32. The van der Waals surface area contributed by atoms with Gasteiger partial charge in [0.25, 0.3) is 0 Å². The molecule has 2 aliphatic heterocycles. The highest BCUT2D eigenvalue weighted by molar-refractivity contribution is 5.86. The van der Waals surface area contributed by atoms with Crippen LogP contribution in [0.4, 0.5) is 5.82 Å². The Labute approximate surface area is 147 Å². The first-order valence-electron chi connectivity index (χ1n) is 9.01. The second-order valence-corrected chi connectivity index (χ2v) is 6.84. The molecule has 0 saturated carbocycles. The minimum absolute atomic E-state index is 0.0117. The average molecular weight is 346 g/mol. The minimum atomic E-state index is 0.0117. The number of aromatic nitrogens is 3. The van der Waals surface area contributed by atoms with Crippen molar-refractivity contribution in [1.82, 2.24) is 19.4 Å². The van der Waals surface area contributed by atoms with Gasteiger partial charge in [0, 0.05) is 25.8 Å². The summed E-state index contributed by atoms with van der Waals surface area (Å²) in [6, 6.07) is 1.96. The second-order valence-electron chi connectivity index (χ2n) is 6.84. The maximum Gasteiger partial charge on any atom is 0.147 e. The van der Waals surface area contributed by atoms with E-state index in [9.17, 15) is 0 Å². The fourth-order valence-corrected chi connectivity index (χ4v) is 3.84. The van der Waals surface area contributed by atoms with Crippen molar-refractivity contribution in [3.8, 4) is 0 Å². The molecule has 4 rings (SSSR count). The molecule has 2 fully saturated rings. The molecule has 136 valence electrons. The van der Waals surface area contributed by atoms with Crippen molar-refractivity contribution < 1.29 is 9.47 Å². The summed E-state index contributed by atoms with van der Waals surface area (Å²) < 4.78 is 14.1. The Balaban J connectivity index is 1.39. The SMILES string of the molecule is NCCC1CN(CC2CCC(n3ccc4c(N)ncnc43)O2)CCO1. The maximum absolute atomic E-state index is 6.31. The van der Waals surface area contributed by atoms with Crippen molar-refractivity contribution in [3.05, 3.63) is 18.6 Å². The van der Waals surface area contributed by atoms with Crippen LogP contribution in [0.5, 0.6) is 0 Å². The van der Waals surface area contributed by atoms with Gasteiger partial charge in [-0.05, 0) is 31.9 Å². The first-order chi connectivity index (χ1) is 12.2. The largest absolute Gasteiger partial charge is 0.383 e. The normalized spacial score (nSPS) is 28.0. The van der Waals surface area contributed by atoms with Gasteiger partial charge in [0.2, 0.25) is 0 Å². The number of fused-ring (bicyclic) bond motifs is 1. The summed E-state index contributed by atoms with van der Waals surface area (Å²) in [5.41, 5.74) is 12.4. The van der Waals surface area contributed by atoms with Crippen LogP contribution in [0.15, 0.2) is 18.6 Å². The van der Waals surface area contributed by atoms with E-state index in [4.69, 9.17) is 20.9 Å². The van der Waals surface area contributed by atoms with Crippen LogP contribution < -0.4 is 11.5 Å². The number of ether oxygens (including phenoxy) is 2. The summed E-state index contributed by atoms with van der Waals surface area (Å²) in [5.74, 6) is 0.512. The van der Waals surface area contributed by atoms with E-state index in [-0.39, 0.29) is 18.4 Å². The molecule has 4 N–H and O–H groups in total. The monoisotopic (exact) mass is 346 g/mol. The highest BCUT2D eigenvalue weighted by atomic mass is 16.5. The number of hydrogen-bond acceptors (Lipinski definition) is 7. The molecule has 0 radical (unpaired) electrons. The number of nitrogens with two attached hydrogens (primary N) is 2. The molecule has 2 aromatic rings. The smallest absolute Gasteiger partial charge is 0.147 e. The Morgan fingerprint density at radius 3 is 3.04 bits per heavy atom. The lowest BCUT2D eigenvalue weighted by Crippen LogP contribution is -2.46. The third kappa shape index (κ3) is 3.48. The molecule has 0 bridgehead atoms. The second kappa shape index (κ2) is 7.25. The van der Waals surface area contributed by atoms with Gasteiger partial charge in [-0.15, -0.1) is 0 Å². The standard InChI is InChI=1S/C17H26N6O2/c18-5-3-12-9-22(7-8-24-12)10-13-1-2-15(25-13)23-6-4-14-16(19)20-11-21-17(14)23/h4,6,11-13,15H,1-3,5,7-10,18H2,(H2,19,20,21). The van der Waals surface area contributed by atoms with Crippen molar-refractivity contribution in [2.45, 2.75) is 37.7 Å². The van der Waals surface area contributed by atoms with Crippen LogP contribution in [0.3, 0.4) is 0 Å². The molecular weight excluding hydrogens is 320 g/mol. The lowest BCUT2D eigenvalue weighted by molar-refractivity contribution is -0.0592. The zero-order valence-corrected chi connectivity index (χ0v) is 14.4. The number of morpholine rings is 1. The number of nitrogen functional groups attached to an aromatic ring is 1. The molecule has 0 spiro atoms. The predicted molar refractivity (Wildman–Crippen MR) is 94.9 cm³/mol. The molecule has 2 saturated heterocycles. The zero-order valence-electron chi connectivity index (χ0n) is 14.4. The molecule has 8 heteroatoms. The van der Waals surface area contributed by atoms with Crippen LogP contribution in [0.2, 0.25) is 0 Å². The minimum Gasteiger partial charge on any atom is -0.383 e. The summed E-state index contributed by atoms with van der Waals surface area (Å²) in [7, 11) is 0. The fraction of sp³-hybridized carbons (Fsp3) is 0.647. The number of rotatable bonds is 5. The Morgan fingerprint density at radius 1 is 1.24 bits per heavy atom. The van der Waals surface area contributed by atoms with Crippen molar-refractivity contribution >= 4 is 16.9 Å². The van der Waals surface area contributed by atoms with Crippen LogP contribution in [-0.4, -0.2) is 64.4 Å². The summed E-state index contributed by atoms with van der Waals surface area (Å²) in [6.07, 6.45) is 6.94. The number of hydrogen-bond donors (Lipinski definition) is 2. The van der Waals surface area contributed by atoms with E-state index in [1.165, 1.54) is 6.33 Å². The summed E-state index contributed by atoms with van der Waals surface area (Å²) in [4.78, 5) is 10.9. The Morgan fingerprint density at radius 2 is 2.16 bits per heavy atom. The molecule has 0 aliphatic carbocycles. The molecule has 8 nitrogen and oxygen atoms in total. The molecule has 2 aromatic heterocycles. The van der Waals surface area contributed by atoms with Gasteiger partial charge in [-0.2, -0.15) is 0 Å². The first kappa shape index (κ1) is 16.7. The molecule has 0 amide bonds. The number of nitrogens with zero attached hydrogens (tertiary/aromatic N) is 4. The molecule has 3 unspecified atom stereocenters. The molecule has 25 heavy (non-hydrogen) atoms. The number of anilines is 1. The van der Waals surface area contributed by atoms with E-state index < -0.39 is 0 Å². The van der Waals surface area contributed by atoms with Crippen molar-refractivity contribution in [2.24, 2.45) is 5.73 Å². The molecule has 3 atom stereocenters.